The minimum Gasteiger partial charge on any atom is -0.462 e. The molecule has 2 rings (SSSR count). The zero-order valence-corrected chi connectivity index (χ0v) is 18.4. The summed E-state index contributed by atoms with van der Waals surface area (Å²) in [6, 6.07) is 14.0. The molecule has 0 spiro atoms. The fourth-order valence-corrected chi connectivity index (χ4v) is 2.40. The molecular formula is C23H28N2O6. The van der Waals surface area contributed by atoms with E-state index in [0.717, 1.165) is 11.4 Å². The zero-order valence-electron chi connectivity index (χ0n) is 18.4. The van der Waals surface area contributed by atoms with E-state index in [9.17, 15) is 14.4 Å². The van der Waals surface area contributed by atoms with Gasteiger partial charge in [-0.05, 0) is 69.3 Å². The van der Waals surface area contributed by atoms with Gasteiger partial charge in [-0.3, -0.25) is 4.79 Å². The molecule has 0 aliphatic carbocycles. The van der Waals surface area contributed by atoms with Crippen molar-refractivity contribution >= 4 is 34.8 Å². The highest BCUT2D eigenvalue weighted by molar-refractivity contribution is 6.45. The van der Waals surface area contributed by atoms with E-state index in [-0.39, 0.29) is 24.1 Å². The van der Waals surface area contributed by atoms with E-state index in [0.29, 0.717) is 17.7 Å². The molecule has 0 saturated carbocycles. The molecule has 0 unspecified atom stereocenters. The minimum absolute atomic E-state index is 0.0888. The van der Waals surface area contributed by atoms with Crippen molar-refractivity contribution in [1.29, 1.82) is 0 Å². The second-order valence-electron chi connectivity index (χ2n) is 6.28. The Labute approximate surface area is 182 Å². The van der Waals surface area contributed by atoms with E-state index in [4.69, 9.17) is 9.84 Å². The minimum atomic E-state index is -0.585. The maximum absolute atomic E-state index is 12.3. The van der Waals surface area contributed by atoms with Crippen LogP contribution in [0.3, 0.4) is 0 Å². The van der Waals surface area contributed by atoms with Crippen LogP contribution in [0, 0.1) is 0 Å². The largest absolute Gasteiger partial charge is 0.462 e. The Morgan fingerprint density at radius 1 is 0.903 bits per heavy atom. The lowest BCUT2D eigenvalue weighted by atomic mass is 10.1. The second-order valence-corrected chi connectivity index (χ2v) is 6.28. The van der Waals surface area contributed by atoms with Gasteiger partial charge in [0.1, 0.15) is 5.71 Å². The Kier molecular flexibility index (Phi) is 10.6. The summed E-state index contributed by atoms with van der Waals surface area (Å²) in [7, 11) is 1.88. The van der Waals surface area contributed by atoms with Crippen LogP contribution in [-0.2, 0) is 14.4 Å². The molecule has 0 fully saturated rings. The van der Waals surface area contributed by atoms with Gasteiger partial charge in [0.05, 0.1) is 12.2 Å². The van der Waals surface area contributed by atoms with Gasteiger partial charge in [-0.15, -0.1) is 0 Å². The number of carbonyl (C=O) groups excluding carboxylic acids is 3. The SMILES string of the molecule is CCO.CCOC(=O)c1ccc(N(C)c2ccc(C(=O)/C(C)=N/OC(C)=O)cc2)cc1. The first-order valence-electron chi connectivity index (χ1n) is 9.73. The molecule has 166 valence electrons. The number of hydrogen-bond acceptors (Lipinski definition) is 8. The van der Waals surface area contributed by atoms with Crippen molar-refractivity contribution in [1.82, 2.24) is 0 Å². The monoisotopic (exact) mass is 428 g/mol. The Balaban J connectivity index is 0.00000151. The van der Waals surface area contributed by atoms with Crippen LogP contribution >= 0.6 is 0 Å². The van der Waals surface area contributed by atoms with Gasteiger partial charge in [-0.1, -0.05) is 5.16 Å². The Morgan fingerprint density at radius 2 is 1.35 bits per heavy atom. The van der Waals surface area contributed by atoms with Crippen molar-refractivity contribution in [3.05, 3.63) is 59.7 Å². The number of Topliss-reactive ketones (excluding diaryl/α,β-unsaturated/α-hetero) is 1. The number of anilines is 2. The van der Waals surface area contributed by atoms with Crippen molar-refractivity contribution in [3.63, 3.8) is 0 Å². The van der Waals surface area contributed by atoms with Crippen LogP contribution in [0.2, 0.25) is 0 Å². The van der Waals surface area contributed by atoms with Gasteiger partial charge in [0.2, 0.25) is 5.78 Å². The number of ether oxygens (including phenoxy) is 1. The van der Waals surface area contributed by atoms with Gasteiger partial charge in [-0.2, -0.15) is 0 Å². The maximum Gasteiger partial charge on any atom is 0.338 e. The molecule has 0 bridgehead atoms. The van der Waals surface area contributed by atoms with Gasteiger partial charge < -0.3 is 19.6 Å². The predicted octanol–water partition coefficient (Wildman–Crippen LogP) is 3.75. The quantitative estimate of drug-likeness (QED) is 0.235. The number of carbonyl (C=O) groups is 3. The van der Waals surface area contributed by atoms with Crippen LogP contribution in [0.25, 0.3) is 0 Å². The number of nitrogens with zero attached hydrogens (tertiary/aromatic N) is 2. The van der Waals surface area contributed by atoms with Crippen LogP contribution in [-0.4, -0.2) is 48.8 Å². The fraction of sp³-hybridized carbons (Fsp3) is 0.304. The number of aliphatic hydroxyl groups is 1. The van der Waals surface area contributed by atoms with Crippen molar-refractivity contribution in [2.75, 3.05) is 25.2 Å². The van der Waals surface area contributed by atoms with Gasteiger partial charge in [-0.25, -0.2) is 9.59 Å². The fourth-order valence-electron chi connectivity index (χ4n) is 2.40. The molecule has 0 heterocycles. The predicted molar refractivity (Wildman–Crippen MR) is 119 cm³/mol. The van der Waals surface area contributed by atoms with Gasteiger partial charge in [0.25, 0.3) is 0 Å². The molecule has 2 aromatic rings. The Morgan fingerprint density at radius 3 is 1.77 bits per heavy atom. The van der Waals surface area contributed by atoms with Crippen LogP contribution < -0.4 is 4.90 Å². The van der Waals surface area contributed by atoms with E-state index in [1.165, 1.54) is 13.8 Å². The molecule has 0 aromatic heterocycles. The van der Waals surface area contributed by atoms with Crippen LogP contribution in [0.15, 0.2) is 53.7 Å². The summed E-state index contributed by atoms with van der Waals surface area (Å²) < 4.78 is 4.98. The molecule has 2 aromatic carbocycles. The highest BCUT2D eigenvalue weighted by Gasteiger charge is 2.13. The number of benzene rings is 2. The van der Waals surface area contributed by atoms with Gasteiger partial charge in [0, 0.05) is 37.5 Å². The van der Waals surface area contributed by atoms with Crippen molar-refractivity contribution in [2.45, 2.75) is 27.7 Å². The van der Waals surface area contributed by atoms with E-state index in [1.807, 2.05) is 24.1 Å². The summed E-state index contributed by atoms with van der Waals surface area (Å²) in [5, 5.41) is 11.1. The molecular weight excluding hydrogens is 400 g/mol. The summed E-state index contributed by atoms with van der Waals surface area (Å²) >= 11 is 0. The number of esters is 1. The third-order valence-corrected chi connectivity index (χ3v) is 3.92. The summed E-state index contributed by atoms with van der Waals surface area (Å²) in [5.41, 5.74) is 2.74. The molecule has 0 aliphatic heterocycles. The average Bonchev–Trinajstić information content (AvgIpc) is 2.77. The molecule has 8 nitrogen and oxygen atoms in total. The third-order valence-electron chi connectivity index (χ3n) is 3.92. The normalized spacial score (nSPS) is 10.5. The molecule has 0 aliphatic rings. The summed E-state index contributed by atoms with van der Waals surface area (Å²) in [6.07, 6.45) is 0. The maximum atomic E-state index is 12.3. The van der Waals surface area contributed by atoms with Crippen LogP contribution in [0.4, 0.5) is 11.4 Å². The average molecular weight is 428 g/mol. The lowest BCUT2D eigenvalue weighted by molar-refractivity contribution is -0.140. The van der Waals surface area contributed by atoms with E-state index >= 15 is 0 Å². The van der Waals surface area contributed by atoms with Crippen molar-refractivity contribution in [3.8, 4) is 0 Å². The summed E-state index contributed by atoms with van der Waals surface area (Å²) in [4.78, 5) is 41.2. The van der Waals surface area contributed by atoms with Crippen molar-refractivity contribution in [2.24, 2.45) is 5.16 Å². The van der Waals surface area contributed by atoms with Crippen LogP contribution in [0.5, 0.6) is 0 Å². The molecule has 31 heavy (non-hydrogen) atoms. The highest BCUT2D eigenvalue weighted by atomic mass is 16.7. The van der Waals surface area contributed by atoms with Gasteiger partial charge >= 0.3 is 11.9 Å². The smallest absolute Gasteiger partial charge is 0.338 e. The highest BCUT2D eigenvalue weighted by Crippen LogP contribution is 2.24. The molecule has 0 saturated heterocycles. The summed E-state index contributed by atoms with van der Waals surface area (Å²) in [5.74, 6) is -1.27. The standard InChI is InChI=1S/C21H22N2O5.C2H6O/c1-5-27-21(26)17-8-12-19(13-9-17)23(4)18-10-6-16(7-11-18)20(25)14(2)22-28-15(3)24;1-2-3/h6-13H,5H2,1-4H3;3H,2H2,1H3/b22-14+;. The van der Waals surface area contributed by atoms with E-state index in [1.54, 1.807) is 50.2 Å². The number of ketones is 1. The number of rotatable bonds is 7. The van der Waals surface area contributed by atoms with Gasteiger partial charge in [0.15, 0.2) is 0 Å². The molecule has 1 N–H and O–H groups in total. The Bertz CT molecular complexity index is 905. The summed E-state index contributed by atoms with van der Waals surface area (Å²) in [6.45, 7) is 6.72. The first kappa shape index (κ1) is 25.5. The first-order chi connectivity index (χ1) is 14.7. The molecule has 0 atom stereocenters. The zero-order chi connectivity index (χ0) is 23.4. The second kappa shape index (κ2) is 12.9. The molecule has 0 radical (unpaired) electrons. The van der Waals surface area contributed by atoms with E-state index < -0.39 is 5.97 Å². The van der Waals surface area contributed by atoms with Crippen LogP contribution in [0.1, 0.15) is 48.4 Å². The number of hydrogen-bond donors (Lipinski definition) is 1. The lowest BCUT2D eigenvalue weighted by Gasteiger charge is -2.20. The third kappa shape index (κ3) is 8.02. The molecule has 8 heteroatoms. The van der Waals surface area contributed by atoms with Crippen molar-refractivity contribution < 1.29 is 29.1 Å². The van der Waals surface area contributed by atoms with E-state index in [2.05, 4.69) is 9.99 Å². The number of oxime groups is 1. The topological polar surface area (TPSA) is 106 Å². The Hall–Kier alpha value is -3.52. The first-order valence-corrected chi connectivity index (χ1v) is 9.73. The lowest BCUT2D eigenvalue weighted by Crippen LogP contribution is -2.13. The molecule has 0 amide bonds. The number of aliphatic hydroxyl groups excluding tert-OH is 1.